The van der Waals surface area contributed by atoms with Crippen molar-refractivity contribution in [2.24, 2.45) is 23.7 Å². The second kappa shape index (κ2) is 15.1. The maximum Gasteiger partial charge on any atom is 0.249 e. The van der Waals surface area contributed by atoms with Crippen LogP contribution in [0.5, 0.6) is 11.5 Å². The van der Waals surface area contributed by atoms with E-state index in [1.165, 1.54) is 7.11 Å². The Kier molecular flexibility index (Phi) is 11.7. The molecule has 0 aromatic heterocycles. The standard InChI is InChI=1S/C34H52N2O8/c1-19(2)9-11-36(29(39)18-43-27-13-21(5)7-8-23(27)20(3)4)26-16-25(34(41)35-10-12-37)30-24-14-22(17-38)15-28(42-6)32(24)44-33(30)31(26)40/h14-16,19-21,23,26-27,30-31,33,37-38,40H,7-13,17-18H2,1-6H3,(H,35,41)/t21-,23+,26+,27-,30-,31-,33-/m0/s1. The van der Waals surface area contributed by atoms with E-state index < -0.39 is 30.1 Å². The van der Waals surface area contributed by atoms with Gasteiger partial charge in [-0.2, -0.15) is 0 Å². The average Bonchev–Trinajstić information content (AvgIpc) is 3.39. The van der Waals surface area contributed by atoms with Crippen molar-refractivity contribution in [3.05, 3.63) is 34.9 Å². The first-order valence-corrected chi connectivity index (χ1v) is 16.2. The van der Waals surface area contributed by atoms with Gasteiger partial charge in [0.2, 0.25) is 11.8 Å². The number of carbonyl (C=O) groups excluding carboxylic acids is 2. The van der Waals surface area contributed by atoms with Gasteiger partial charge in [0.05, 0.1) is 38.4 Å². The van der Waals surface area contributed by atoms with Gasteiger partial charge in [0, 0.05) is 24.2 Å². The summed E-state index contributed by atoms with van der Waals surface area (Å²) >= 11 is 0. The van der Waals surface area contributed by atoms with Crippen molar-refractivity contribution in [2.45, 2.75) is 97.2 Å². The molecule has 3 aliphatic rings. The molecule has 246 valence electrons. The average molecular weight is 617 g/mol. The molecule has 1 aromatic rings. The number of fused-ring (bicyclic) bond motifs is 3. The summed E-state index contributed by atoms with van der Waals surface area (Å²) in [6.45, 7) is 10.6. The Morgan fingerprint density at radius 3 is 2.55 bits per heavy atom. The summed E-state index contributed by atoms with van der Waals surface area (Å²) in [4.78, 5) is 29.2. The minimum Gasteiger partial charge on any atom is -0.493 e. The van der Waals surface area contributed by atoms with Crippen LogP contribution in [-0.4, -0.2) is 89.8 Å². The van der Waals surface area contributed by atoms with Crippen LogP contribution in [0.15, 0.2) is 23.8 Å². The second-order valence-corrected chi connectivity index (χ2v) is 13.5. The number of hydrogen-bond acceptors (Lipinski definition) is 8. The van der Waals surface area contributed by atoms with Gasteiger partial charge >= 0.3 is 0 Å². The monoisotopic (exact) mass is 616 g/mol. The molecule has 1 fully saturated rings. The number of methoxy groups -OCH3 is 1. The number of rotatable bonds is 13. The van der Waals surface area contributed by atoms with Gasteiger partial charge < -0.3 is 39.7 Å². The molecule has 0 spiro atoms. The predicted molar refractivity (Wildman–Crippen MR) is 166 cm³/mol. The van der Waals surface area contributed by atoms with Crippen LogP contribution in [0.3, 0.4) is 0 Å². The summed E-state index contributed by atoms with van der Waals surface area (Å²) in [6.07, 6.45) is 3.49. The maximum absolute atomic E-state index is 14.0. The maximum atomic E-state index is 14.0. The third-order valence-corrected chi connectivity index (χ3v) is 9.50. The molecule has 2 aliphatic carbocycles. The lowest BCUT2D eigenvalue weighted by atomic mass is 9.75. The van der Waals surface area contributed by atoms with Crippen molar-refractivity contribution in [1.29, 1.82) is 0 Å². The number of aliphatic hydroxyl groups excluding tert-OH is 3. The zero-order valence-electron chi connectivity index (χ0n) is 27.1. The molecule has 0 saturated heterocycles. The molecule has 7 atom stereocenters. The molecule has 10 nitrogen and oxygen atoms in total. The number of amides is 2. The first-order valence-electron chi connectivity index (χ1n) is 16.2. The van der Waals surface area contributed by atoms with Crippen LogP contribution in [0.2, 0.25) is 0 Å². The van der Waals surface area contributed by atoms with Crippen LogP contribution >= 0.6 is 0 Å². The molecule has 1 aromatic carbocycles. The van der Waals surface area contributed by atoms with Crippen molar-refractivity contribution < 1.29 is 39.1 Å². The molecule has 0 radical (unpaired) electrons. The van der Waals surface area contributed by atoms with Gasteiger partial charge in [0.1, 0.15) is 18.8 Å². The topological polar surface area (TPSA) is 138 Å². The minimum atomic E-state index is -1.15. The molecular weight excluding hydrogens is 564 g/mol. The Hall–Kier alpha value is -2.66. The van der Waals surface area contributed by atoms with Gasteiger partial charge in [0.15, 0.2) is 11.5 Å². The van der Waals surface area contributed by atoms with E-state index in [0.717, 1.165) is 19.3 Å². The molecule has 4 N–H and O–H groups in total. The first-order chi connectivity index (χ1) is 21.0. The molecule has 2 amide bonds. The molecule has 1 aliphatic heterocycles. The number of nitrogens with zero attached hydrogens (tertiary/aromatic N) is 1. The highest BCUT2D eigenvalue weighted by atomic mass is 16.5. The Morgan fingerprint density at radius 1 is 1.16 bits per heavy atom. The third kappa shape index (κ3) is 7.41. The first kappa shape index (κ1) is 34.2. The summed E-state index contributed by atoms with van der Waals surface area (Å²) in [5.74, 6) is 1.14. The molecular formula is C34H52N2O8. The number of nitrogens with one attached hydrogen (secondary N) is 1. The van der Waals surface area contributed by atoms with Crippen molar-refractivity contribution in [1.82, 2.24) is 10.2 Å². The van der Waals surface area contributed by atoms with Crippen molar-refractivity contribution in [3.63, 3.8) is 0 Å². The van der Waals surface area contributed by atoms with Gasteiger partial charge in [-0.3, -0.25) is 9.59 Å². The van der Waals surface area contributed by atoms with Gasteiger partial charge in [0.25, 0.3) is 0 Å². The van der Waals surface area contributed by atoms with Crippen LogP contribution in [0.1, 0.15) is 77.3 Å². The fraction of sp³-hybridized carbons (Fsp3) is 0.706. The smallest absolute Gasteiger partial charge is 0.249 e. The highest BCUT2D eigenvalue weighted by Gasteiger charge is 2.51. The van der Waals surface area contributed by atoms with Crippen LogP contribution in [0, 0.1) is 23.7 Å². The third-order valence-electron chi connectivity index (χ3n) is 9.50. The Balaban J connectivity index is 1.68. The lowest BCUT2D eigenvalue weighted by molar-refractivity contribution is -0.147. The molecule has 4 rings (SSSR count). The van der Waals surface area contributed by atoms with E-state index in [4.69, 9.17) is 14.2 Å². The summed E-state index contributed by atoms with van der Waals surface area (Å²) in [5.41, 5.74) is 1.54. The zero-order chi connectivity index (χ0) is 32.1. The number of carbonyl (C=O) groups is 2. The Labute approximate surface area is 261 Å². The van der Waals surface area contributed by atoms with Crippen LogP contribution in [-0.2, 0) is 20.9 Å². The number of hydrogen-bond donors (Lipinski definition) is 4. The Bertz CT molecular complexity index is 1180. The molecule has 1 heterocycles. The fourth-order valence-corrected chi connectivity index (χ4v) is 7.02. The second-order valence-electron chi connectivity index (χ2n) is 13.5. The van der Waals surface area contributed by atoms with E-state index in [0.29, 0.717) is 64.8 Å². The van der Waals surface area contributed by atoms with Gasteiger partial charge in [-0.1, -0.05) is 41.0 Å². The molecule has 44 heavy (non-hydrogen) atoms. The molecule has 10 heteroatoms. The van der Waals surface area contributed by atoms with Gasteiger partial charge in [-0.05, 0) is 66.7 Å². The van der Waals surface area contributed by atoms with E-state index >= 15 is 0 Å². The van der Waals surface area contributed by atoms with E-state index in [-0.39, 0.29) is 38.4 Å². The Morgan fingerprint density at radius 2 is 1.91 bits per heavy atom. The fourth-order valence-electron chi connectivity index (χ4n) is 7.02. The minimum absolute atomic E-state index is 0.00785. The van der Waals surface area contributed by atoms with E-state index in [1.807, 2.05) is 0 Å². The van der Waals surface area contributed by atoms with Gasteiger partial charge in [-0.25, -0.2) is 0 Å². The highest BCUT2D eigenvalue weighted by Crippen LogP contribution is 2.51. The summed E-state index contributed by atoms with van der Waals surface area (Å²) in [7, 11) is 1.50. The van der Waals surface area contributed by atoms with Crippen LogP contribution in [0.4, 0.5) is 0 Å². The van der Waals surface area contributed by atoms with Crippen molar-refractivity contribution in [3.8, 4) is 11.5 Å². The number of ether oxygens (including phenoxy) is 3. The summed E-state index contributed by atoms with van der Waals surface area (Å²) in [6, 6.07) is 2.58. The number of aliphatic hydroxyl groups is 3. The quantitative estimate of drug-likeness (QED) is 0.265. The highest BCUT2D eigenvalue weighted by molar-refractivity contribution is 5.96. The van der Waals surface area contributed by atoms with E-state index in [1.54, 1.807) is 23.1 Å². The molecule has 0 bridgehead atoms. The van der Waals surface area contributed by atoms with E-state index in [2.05, 4.69) is 39.9 Å². The van der Waals surface area contributed by atoms with Crippen molar-refractivity contribution >= 4 is 11.8 Å². The normalized spacial score (nSPS) is 27.8. The molecule has 0 unspecified atom stereocenters. The number of benzene rings is 1. The van der Waals surface area contributed by atoms with Gasteiger partial charge in [-0.15, -0.1) is 0 Å². The molecule has 1 saturated carbocycles. The zero-order valence-corrected chi connectivity index (χ0v) is 27.1. The predicted octanol–water partition coefficient (Wildman–Crippen LogP) is 3.16. The van der Waals surface area contributed by atoms with Crippen LogP contribution < -0.4 is 14.8 Å². The van der Waals surface area contributed by atoms with Crippen LogP contribution in [0.25, 0.3) is 0 Å². The van der Waals surface area contributed by atoms with E-state index in [9.17, 15) is 24.9 Å². The SMILES string of the molecule is COc1cc(CO)cc2c1O[C@@H]1[C@@H](O)[C@H](N(CCC(C)C)C(=O)CO[C@H]3C[C@@H](C)CC[C@@H]3C(C)C)C=C(C(=O)NCCO)[C@H]21. The lowest BCUT2D eigenvalue weighted by Crippen LogP contribution is -2.56. The summed E-state index contributed by atoms with van der Waals surface area (Å²) in [5, 5.41) is 33.9. The van der Waals surface area contributed by atoms with Crippen molar-refractivity contribution in [2.75, 3.05) is 33.4 Å². The lowest BCUT2D eigenvalue weighted by Gasteiger charge is -2.41. The summed E-state index contributed by atoms with van der Waals surface area (Å²) < 4.78 is 18.2. The largest absolute Gasteiger partial charge is 0.493 e.